The molecule has 0 saturated carbocycles. The molecule has 4 rings (SSSR count). The van der Waals surface area contributed by atoms with Crippen molar-refractivity contribution in [1.82, 2.24) is 24.5 Å². The molecular formula is C13H16N6. The lowest BCUT2D eigenvalue weighted by molar-refractivity contribution is 0.406. The van der Waals surface area contributed by atoms with Gasteiger partial charge in [-0.05, 0) is 20.0 Å². The van der Waals surface area contributed by atoms with Crippen LogP contribution in [0.25, 0.3) is 22.1 Å². The van der Waals surface area contributed by atoms with Gasteiger partial charge in [0.2, 0.25) is 0 Å². The van der Waals surface area contributed by atoms with Crippen molar-refractivity contribution in [3.63, 3.8) is 0 Å². The van der Waals surface area contributed by atoms with Crippen LogP contribution in [-0.2, 0) is 0 Å². The maximum absolute atomic E-state index is 4.48. The topological polar surface area (TPSA) is 53.0 Å². The maximum atomic E-state index is 4.48. The summed E-state index contributed by atoms with van der Waals surface area (Å²) >= 11 is 0. The molecule has 3 aromatic rings. The first-order valence-corrected chi connectivity index (χ1v) is 6.48. The molecule has 98 valence electrons. The second-order valence-corrected chi connectivity index (χ2v) is 5.29. The number of imidazole rings is 1. The number of fused-ring (bicyclic) bond motifs is 3. The van der Waals surface area contributed by atoms with E-state index in [2.05, 4.69) is 49.6 Å². The molecule has 3 aromatic heterocycles. The fourth-order valence-corrected chi connectivity index (χ4v) is 2.96. The number of hydrogen-bond donors (Lipinski definition) is 1. The fourth-order valence-electron chi connectivity index (χ4n) is 2.96. The number of hydrogen-bond acceptors (Lipinski definition) is 4. The van der Waals surface area contributed by atoms with Crippen LogP contribution >= 0.6 is 0 Å². The molecule has 1 N–H and O–H groups in total. The van der Waals surface area contributed by atoms with Gasteiger partial charge in [-0.15, -0.1) is 0 Å². The smallest absolute Gasteiger partial charge is 0.139 e. The third-order valence-electron chi connectivity index (χ3n) is 3.82. The molecule has 0 bridgehead atoms. The number of nitrogens with one attached hydrogen (secondary N) is 1. The van der Waals surface area contributed by atoms with Crippen LogP contribution in [0.5, 0.6) is 0 Å². The maximum Gasteiger partial charge on any atom is 0.139 e. The summed E-state index contributed by atoms with van der Waals surface area (Å²) in [7, 11) is 2.14. The molecule has 1 saturated heterocycles. The predicted molar refractivity (Wildman–Crippen MR) is 74.6 cm³/mol. The SMILES string of the molecule is CC1CN(C)CN1n1cnc2cnc3[nH]ccc3c21. The second kappa shape index (κ2) is 3.71. The van der Waals surface area contributed by atoms with Crippen molar-refractivity contribution < 1.29 is 0 Å². The van der Waals surface area contributed by atoms with Crippen LogP contribution in [0.15, 0.2) is 24.8 Å². The van der Waals surface area contributed by atoms with E-state index in [9.17, 15) is 0 Å². The van der Waals surface area contributed by atoms with Gasteiger partial charge in [0.15, 0.2) is 0 Å². The molecule has 1 unspecified atom stereocenters. The average Bonchev–Trinajstić information content (AvgIpc) is 3.05. The van der Waals surface area contributed by atoms with E-state index in [0.717, 1.165) is 35.3 Å². The van der Waals surface area contributed by atoms with Gasteiger partial charge in [-0.1, -0.05) is 0 Å². The Hall–Kier alpha value is -2.08. The lowest BCUT2D eigenvalue weighted by Gasteiger charge is -2.24. The quantitative estimate of drug-likeness (QED) is 0.709. The highest BCUT2D eigenvalue weighted by Crippen LogP contribution is 2.24. The summed E-state index contributed by atoms with van der Waals surface area (Å²) < 4.78 is 2.17. The van der Waals surface area contributed by atoms with Crippen molar-refractivity contribution >= 4 is 22.1 Å². The van der Waals surface area contributed by atoms with Gasteiger partial charge in [0.1, 0.15) is 23.0 Å². The molecule has 1 fully saturated rings. The third-order valence-corrected chi connectivity index (χ3v) is 3.82. The molecule has 6 heteroatoms. The third kappa shape index (κ3) is 1.46. The Labute approximate surface area is 110 Å². The first kappa shape index (κ1) is 10.8. The molecule has 1 aliphatic rings. The Kier molecular flexibility index (Phi) is 2.11. The first-order valence-electron chi connectivity index (χ1n) is 6.48. The monoisotopic (exact) mass is 256 g/mol. The number of aromatic nitrogens is 4. The zero-order valence-electron chi connectivity index (χ0n) is 11.0. The second-order valence-electron chi connectivity index (χ2n) is 5.29. The summed E-state index contributed by atoms with van der Waals surface area (Å²) in [4.78, 5) is 14.3. The van der Waals surface area contributed by atoms with Crippen molar-refractivity contribution in [3.8, 4) is 0 Å². The number of H-pyrrole nitrogens is 1. The summed E-state index contributed by atoms with van der Waals surface area (Å²) in [5.74, 6) is 0. The van der Waals surface area contributed by atoms with Crippen molar-refractivity contribution in [3.05, 3.63) is 24.8 Å². The molecule has 4 heterocycles. The molecule has 0 aromatic carbocycles. The molecular weight excluding hydrogens is 240 g/mol. The van der Waals surface area contributed by atoms with E-state index in [1.54, 1.807) is 0 Å². The Bertz CT molecular complexity index is 742. The molecule has 6 nitrogen and oxygen atoms in total. The van der Waals surface area contributed by atoms with Gasteiger partial charge in [0.05, 0.1) is 18.9 Å². The Morgan fingerprint density at radius 2 is 2.26 bits per heavy atom. The summed E-state index contributed by atoms with van der Waals surface area (Å²) in [6.07, 6.45) is 5.65. The molecule has 0 aliphatic carbocycles. The molecule has 0 radical (unpaired) electrons. The fraction of sp³-hybridized carbons (Fsp3) is 0.385. The van der Waals surface area contributed by atoms with Crippen LogP contribution in [0, 0.1) is 0 Å². The zero-order valence-corrected chi connectivity index (χ0v) is 11.0. The summed E-state index contributed by atoms with van der Waals surface area (Å²) in [5, 5.41) is 3.46. The van der Waals surface area contributed by atoms with E-state index in [1.165, 1.54) is 0 Å². The van der Waals surface area contributed by atoms with Gasteiger partial charge < -0.3 is 4.98 Å². The normalized spacial score (nSPS) is 20.9. The van der Waals surface area contributed by atoms with E-state index in [0.29, 0.717) is 6.04 Å². The number of nitrogens with zero attached hydrogens (tertiary/aromatic N) is 5. The molecule has 0 amide bonds. The van der Waals surface area contributed by atoms with Crippen molar-refractivity contribution in [2.24, 2.45) is 0 Å². The van der Waals surface area contributed by atoms with Gasteiger partial charge >= 0.3 is 0 Å². The van der Waals surface area contributed by atoms with Crippen molar-refractivity contribution in [2.45, 2.75) is 13.0 Å². The van der Waals surface area contributed by atoms with Crippen LogP contribution in [0.1, 0.15) is 6.92 Å². The van der Waals surface area contributed by atoms with E-state index < -0.39 is 0 Å². The van der Waals surface area contributed by atoms with Crippen LogP contribution in [0.4, 0.5) is 0 Å². The van der Waals surface area contributed by atoms with Crippen LogP contribution in [0.3, 0.4) is 0 Å². The van der Waals surface area contributed by atoms with Gasteiger partial charge in [-0.25, -0.2) is 14.6 Å². The average molecular weight is 256 g/mol. The van der Waals surface area contributed by atoms with Gasteiger partial charge in [0, 0.05) is 18.1 Å². The van der Waals surface area contributed by atoms with Gasteiger partial charge in [-0.2, -0.15) is 0 Å². The number of likely N-dealkylation sites (N-methyl/N-ethyl adjacent to an activating group) is 1. The van der Waals surface area contributed by atoms with E-state index >= 15 is 0 Å². The summed E-state index contributed by atoms with van der Waals surface area (Å²) in [6, 6.07) is 2.54. The largest absolute Gasteiger partial charge is 0.346 e. The number of pyridine rings is 1. The Morgan fingerprint density at radius 3 is 3.05 bits per heavy atom. The first-order chi connectivity index (χ1) is 9.24. The van der Waals surface area contributed by atoms with Crippen LogP contribution in [0.2, 0.25) is 0 Å². The highest BCUT2D eigenvalue weighted by molar-refractivity contribution is 6.01. The van der Waals surface area contributed by atoms with E-state index in [1.807, 2.05) is 18.7 Å². The van der Waals surface area contributed by atoms with Crippen LogP contribution in [-0.4, -0.2) is 50.8 Å². The van der Waals surface area contributed by atoms with Gasteiger partial charge in [0.25, 0.3) is 0 Å². The van der Waals surface area contributed by atoms with E-state index in [4.69, 9.17) is 0 Å². The molecule has 1 aliphatic heterocycles. The zero-order chi connectivity index (χ0) is 13.0. The summed E-state index contributed by atoms with van der Waals surface area (Å²) in [5.41, 5.74) is 2.98. The minimum atomic E-state index is 0.476. The standard InChI is InChI=1S/C13H16N6/c1-9-6-17(2)8-19(9)18-7-16-11-5-15-13-10(12(11)18)3-4-14-13/h3-5,7,9H,6,8H2,1-2H3,(H,14,15). The van der Waals surface area contributed by atoms with Crippen molar-refractivity contribution in [2.75, 3.05) is 25.3 Å². The lowest BCUT2D eigenvalue weighted by atomic mass is 10.3. The van der Waals surface area contributed by atoms with Crippen molar-refractivity contribution in [1.29, 1.82) is 0 Å². The molecule has 19 heavy (non-hydrogen) atoms. The van der Waals surface area contributed by atoms with Crippen LogP contribution < -0.4 is 5.01 Å². The Balaban J connectivity index is 1.97. The number of rotatable bonds is 1. The number of aromatic amines is 1. The highest BCUT2D eigenvalue weighted by atomic mass is 15.6. The highest BCUT2D eigenvalue weighted by Gasteiger charge is 2.26. The Morgan fingerprint density at radius 1 is 1.37 bits per heavy atom. The minimum absolute atomic E-state index is 0.476. The van der Waals surface area contributed by atoms with Gasteiger partial charge in [-0.3, -0.25) is 9.91 Å². The minimum Gasteiger partial charge on any atom is -0.346 e. The molecule has 0 spiro atoms. The lowest BCUT2D eigenvalue weighted by Crippen LogP contribution is -2.38. The molecule has 1 atom stereocenters. The predicted octanol–water partition coefficient (Wildman–Crippen LogP) is 1.14. The summed E-state index contributed by atoms with van der Waals surface area (Å²) in [6.45, 7) is 4.23. The van der Waals surface area contributed by atoms with E-state index in [-0.39, 0.29) is 0 Å².